The van der Waals surface area contributed by atoms with E-state index in [1.807, 2.05) is 0 Å². The van der Waals surface area contributed by atoms with Crippen LogP contribution in [0, 0.1) is 12.7 Å². The topological polar surface area (TPSA) is 71.5 Å². The van der Waals surface area contributed by atoms with Crippen molar-refractivity contribution in [1.82, 2.24) is 4.98 Å². The molecule has 1 aromatic heterocycles. The number of rotatable bonds is 4. The van der Waals surface area contributed by atoms with Crippen LogP contribution in [0.4, 0.5) is 23.2 Å². The van der Waals surface area contributed by atoms with E-state index < -0.39 is 23.3 Å². The first-order chi connectivity index (χ1) is 16.0. The molecule has 2 aromatic carbocycles. The quantitative estimate of drug-likeness (QED) is 0.306. The number of anilines is 1. The Bertz CT molecular complexity index is 1130. The van der Waals surface area contributed by atoms with Crippen LogP contribution in [0.25, 0.3) is 0 Å². The number of pyridine rings is 1. The van der Waals surface area contributed by atoms with Gasteiger partial charge >= 0.3 is 6.18 Å². The molecular formula is C23H22Cl2F4N2O3. The summed E-state index contributed by atoms with van der Waals surface area (Å²) >= 11 is 11.2. The minimum atomic E-state index is -4.36. The lowest BCUT2D eigenvalue weighted by Crippen LogP contribution is -2.11. The van der Waals surface area contributed by atoms with E-state index in [0.717, 1.165) is 13.2 Å². The maximum Gasteiger partial charge on any atom is 0.417 e. The molecule has 0 aliphatic heterocycles. The second-order valence-corrected chi connectivity index (χ2v) is 7.27. The summed E-state index contributed by atoms with van der Waals surface area (Å²) in [7, 11) is 4.00. The molecule has 2 N–H and O–H groups in total. The van der Waals surface area contributed by atoms with Crippen molar-refractivity contribution in [3.05, 3.63) is 86.9 Å². The highest BCUT2D eigenvalue weighted by Crippen LogP contribution is 2.35. The van der Waals surface area contributed by atoms with Gasteiger partial charge in [-0.2, -0.15) is 13.2 Å². The number of aliphatic hydroxyl groups is 1. The lowest BCUT2D eigenvalue weighted by Gasteiger charge is -2.11. The Morgan fingerprint density at radius 2 is 1.76 bits per heavy atom. The molecule has 0 saturated heterocycles. The van der Waals surface area contributed by atoms with E-state index in [-0.39, 0.29) is 22.0 Å². The van der Waals surface area contributed by atoms with Gasteiger partial charge < -0.3 is 15.2 Å². The van der Waals surface area contributed by atoms with E-state index >= 15 is 0 Å². The number of aromatic nitrogens is 1. The first kappa shape index (κ1) is 29.2. The van der Waals surface area contributed by atoms with Crippen molar-refractivity contribution in [3.8, 4) is 5.75 Å². The molecule has 0 spiro atoms. The van der Waals surface area contributed by atoms with Gasteiger partial charge in [-0.25, -0.2) is 9.37 Å². The predicted octanol–water partition coefficient (Wildman–Crippen LogP) is 6.43. The average Bonchev–Trinajstić information content (AvgIpc) is 2.81. The Kier molecular flexibility index (Phi) is 11.3. The van der Waals surface area contributed by atoms with Gasteiger partial charge in [0.15, 0.2) is 0 Å². The minimum absolute atomic E-state index is 0.0836. The highest BCUT2D eigenvalue weighted by molar-refractivity contribution is 6.31. The van der Waals surface area contributed by atoms with E-state index in [1.54, 1.807) is 20.0 Å². The summed E-state index contributed by atoms with van der Waals surface area (Å²) in [6, 6.07) is 9.56. The number of ether oxygens (including phenoxy) is 1. The molecule has 0 bridgehead atoms. The normalized spacial score (nSPS) is 10.3. The van der Waals surface area contributed by atoms with Gasteiger partial charge in [-0.1, -0.05) is 40.9 Å². The third kappa shape index (κ3) is 7.58. The molecule has 3 aromatic rings. The third-order valence-electron chi connectivity index (χ3n) is 4.19. The Balaban J connectivity index is 0.000000353. The summed E-state index contributed by atoms with van der Waals surface area (Å²) in [6.07, 6.45) is -3.02. The van der Waals surface area contributed by atoms with Crippen LogP contribution in [0.5, 0.6) is 5.75 Å². The summed E-state index contributed by atoms with van der Waals surface area (Å²) in [5, 5.41) is 9.94. The Morgan fingerprint density at radius 1 is 1.12 bits per heavy atom. The Morgan fingerprint density at radius 3 is 2.29 bits per heavy atom. The number of nitrogens with zero attached hydrogens (tertiary/aromatic N) is 1. The van der Waals surface area contributed by atoms with Crippen molar-refractivity contribution in [3.63, 3.8) is 0 Å². The van der Waals surface area contributed by atoms with Crippen LogP contribution in [0.2, 0.25) is 10.0 Å². The Hall–Kier alpha value is -2.88. The van der Waals surface area contributed by atoms with Crippen LogP contribution in [0.3, 0.4) is 0 Å². The number of aryl methyl sites for hydroxylation is 1. The van der Waals surface area contributed by atoms with Crippen LogP contribution in [0.1, 0.15) is 27.2 Å². The lowest BCUT2D eigenvalue weighted by atomic mass is 10.0. The van der Waals surface area contributed by atoms with Crippen LogP contribution >= 0.6 is 23.2 Å². The Labute approximate surface area is 204 Å². The molecule has 0 fully saturated rings. The molecule has 0 atom stereocenters. The van der Waals surface area contributed by atoms with Gasteiger partial charge in [0.05, 0.1) is 28.4 Å². The fourth-order valence-corrected chi connectivity index (χ4v) is 3.06. The highest BCUT2D eigenvalue weighted by Gasteiger charge is 2.32. The summed E-state index contributed by atoms with van der Waals surface area (Å²) in [4.78, 5) is 16.4. The first-order valence-corrected chi connectivity index (χ1v) is 10.2. The fraction of sp³-hybridized carbons (Fsp3) is 0.217. The van der Waals surface area contributed by atoms with Gasteiger partial charge in [-0.05, 0) is 37.3 Å². The number of carbonyl (C=O) groups excluding carboxylic acids is 1. The first-order valence-electron chi connectivity index (χ1n) is 9.48. The summed E-state index contributed by atoms with van der Waals surface area (Å²) < 4.78 is 55.4. The van der Waals surface area contributed by atoms with E-state index in [0.29, 0.717) is 16.3 Å². The average molecular weight is 521 g/mol. The lowest BCUT2D eigenvalue weighted by molar-refractivity contribution is -0.137. The molecule has 5 nitrogen and oxygen atoms in total. The van der Waals surface area contributed by atoms with Gasteiger partial charge in [0.2, 0.25) is 5.78 Å². The number of aliphatic hydroxyl groups excluding tert-OH is 1. The molecule has 0 aliphatic rings. The number of ketones is 1. The number of benzene rings is 2. The maximum atomic E-state index is 13.9. The zero-order valence-corrected chi connectivity index (χ0v) is 20.1. The monoisotopic (exact) mass is 520 g/mol. The SMILES string of the molecule is CNc1cc(Cl)cnc1C(=O)c1c(F)cccc1OC.CO.Cc1ccc(Cl)c(C(F)(F)F)c1. The van der Waals surface area contributed by atoms with E-state index in [9.17, 15) is 22.4 Å². The van der Waals surface area contributed by atoms with Gasteiger partial charge in [-0.15, -0.1) is 0 Å². The second kappa shape index (κ2) is 13.1. The molecule has 0 saturated carbocycles. The zero-order valence-electron chi connectivity index (χ0n) is 18.6. The van der Waals surface area contributed by atoms with Crippen molar-refractivity contribution in [2.75, 3.05) is 26.6 Å². The van der Waals surface area contributed by atoms with Crippen molar-refractivity contribution < 1.29 is 32.2 Å². The number of methoxy groups -OCH3 is 1. The number of hydrogen-bond acceptors (Lipinski definition) is 5. The van der Waals surface area contributed by atoms with Crippen LogP contribution in [-0.2, 0) is 6.18 Å². The number of halogens is 6. The molecule has 11 heteroatoms. The van der Waals surface area contributed by atoms with Crippen molar-refractivity contribution in [2.24, 2.45) is 0 Å². The smallest absolute Gasteiger partial charge is 0.417 e. The summed E-state index contributed by atoms with van der Waals surface area (Å²) in [5.74, 6) is -1.07. The third-order valence-corrected chi connectivity index (χ3v) is 4.72. The molecule has 3 rings (SSSR count). The summed E-state index contributed by atoms with van der Waals surface area (Å²) in [5.41, 5.74) is 0.130. The van der Waals surface area contributed by atoms with Gasteiger partial charge in [-0.3, -0.25) is 4.79 Å². The zero-order chi connectivity index (χ0) is 26.1. The molecule has 34 heavy (non-hydrogen) atoms. The second-order valence-electron chi connectivity index (χ2n) is 6.43. The largest absolute Gasteiger partial charge is 0.496 e. The predicted molar refractivity (Wildman–Crippen MR) is 125 cm³/mol. The number of nitrogens with one attached hydrogen (secondary N) is 1. The van der Waals surface area contributed by atoms with E-state index in [1.165, 1.54) is 43.6 Å². The molecule has 0 amide bonds. The summed E-state index contributed by atoms with van der Waals surface area (Å²) in [6.45, 7) is 1.59. The standard InChI is InChI=1S/C14H12ClFN2O2.C8H6ClF3.CH4O/c1-17-10-6-8(15)7-18-13(10)14(19)12-9(16)4-3-5-11(12)20-2;1-5-2-3-7(9)6(4-5)8(10,11)12;1-2/h3-7,17H,1-2H3;2-4H,1H3;2H,1H3. The number of carbonyl (C=O) groups is 1. The van der Waals surface area contributed by atoms with Crippen molar-refractivity contribution in [2.45, 2.75) is 13.1 Å². The van der Waals surface area contributed by atoms with Crippen LogP contribution in [-0.4, -0.2) is 37.1 Å². The van der Waals surface area contributed by atoms with E-state index in [4.69, 9.17) is 33.0 Å². The molecule has 1 heterocycles. The molecular weight excluding hydrogens is 499 g/mol. The van der Waals surface area contributed by atoms with Crippen molar-refractivity contribution in [1.29, 1.82) is 0 Å². The number of alkyl halides is 3. The maximum absolute atomic E-state index is 13.9. The van der Waals surface area contributed by atoms with Crippen molar-refractivity contribution >= 4 is 34.7 Å². The molecule has 0 aliphatic carbocycles. The van der Waals surface area contributed by atoms with E-state index in [2.05, 4.69) is 10.3 Å². The number of hydrogen-bond donors (Lipinski definition) is 2. The molecule has 0 unspecified atom stereocenters. The van der Waals surface area contributed by atoms with Crippen LogP contribution in [0.15, 0.2) is 48.7 Å². The minimum Gasteiger partial charge on any atom is -0.496 e. The van der Waals surface area contributed by atoms with Gasteiger partial charge in [0.1, 0.15) is 22.8 Å². The molecule has 0 radical (unpaired) electrons. The van der Waals surface area contributed by atoms with Gasteiger partial charge in [0.25, 0.3) is 0 Å². The highest BCUT2D eigenvalue weighted by atomic mass is 35.5. The van der Waals surface area contributed by atoms with Gasteiger partial charge in [0, 0.05) is 20.4 Å². The van der Waals surface area contributed by atoms with Crippen LogP contribution < -0.4 is 10.1 Å². The molecule has 184 valence electrons. The fourth-order valence-electron chi connectivity index (χ4n) is 2.68.